The van der Waals surface area contributed by atoms with Gasteiger partial charge in [0.1, 0.15) is 17.1 Å². The maximum absolute atomic E-state index is 12.8. The number of hydrogen-bond donors (Lipinski definition) is 2. The highest BCUT2D eigenvalue weighted by Crippen LogP contribution is 2.37. The third-order valence-corrected chi connectivity index (χ3v) is 5.32. The second-order valence-corrected chi connectivity index (χ2v) is 6.87. The molecular weight excluding hydrogens is 392 g/mol. The van der Waals surface area contributed by atoms with Crippen LogP contribution in [0.3, 0.4) is 0 Å². The highest BCUT2D eigenvalue weighted by molar-refractivity contribution is 7.17. The number of aromatic nitrogens is 1. The maximum atomic E-state index is 12.8. The summed E-state index contributed by atoms with van der Waals surface area (Å²) in [6.07, 6.45) is 0. The van der Waals surface area contributed by atoms with Gasteiger partial charge in [0.25, 0.3) is 11.5 Å². The molecule has 2 heterocycles. The highest BCUT2D eigenvalue weighted by Gasteiger charge is 2.24. The van der Waals surface area contributed by atoms with Gasteiger partial charge in [0.2, 0.25) is 0 Å². The van der Waals surface area contributed by atoms with E-state index in [1.54, 1.807) is 18.4 Å². The van der Waals surface area contributed by atoms with Crippen LogP contribution in [0.25, 0.3) is 10.2 Å². The number of aryl methyl sites for hydroxylation is 1. The highest BCUT2D eigenvalue weighted by atomic mass is 35.5. The number of aromatic hydroxyl groups is 1. The number of fused-ring (bicyclic) bond motifs is 1. The van der Waals surface area contributed by atoms with Gasteiger partial charge in [0, 0.05) is 12.6 Å². The van der Waals surface area contributed by atoms with Gasteiger partial charge in [-0.15, -0.1) is 11.3 Å². The van der Waals surface area contributed by atoms with Crippen LogP contribution in [0.1, 0.15) is 17.3 Å². The lowest BCUT2D eigenvalue weighted by Gasteiger charge is -2.14. The van der Waals surface area contributed by atoms with Crippen LogP contribution in [-0.2, 0) is 6.54 Å². The van der Waals surface area contributed by atoms with Gasteiger partial charge < -0.3 is 24.5 Å². The third kappa shape index (κ3) is 3.22. The molecule has 0 fully saturated rings. The molecule has 0 spiro atoms. The number of thiophene rings is 1. The van der Waals surface area contributed by atoms with Crippen LogP contribution in [0.4, 0.5) is 5.69 Å². The fraction of sp³-hybridized carbons (Fsp3) is 0.222. The van der Waals surface area contributed by atoms with Crippen molar-refractivity contribution >= 4 is 44.7 Å². The van der Waals surface area contributed by atoms with Crippen LogP contribution in [0.15, 0.2) is 28.4 Å². The average Bonchev–Trinajstić information content (AvgIpc) is 3.12. The molecule has 0 radical (unpaired) electrons. The molecule has 2 aromatic heterocycles. The van der Waals surface area contributed by atoms with Crippen LogP contribution in [0, 0.1) is 0 Å². The van der Waals surface area contributed by atoms with Crippen LogP contribution < -0.4 is 20.3 Å². The Morgan fingerprint density at radius 2 is 2.00 bits per heavy atom. The Morgan fingerprint density at radius 3 is 2.63 bits per heavy atom. The Kier molecular flexibility index (Phi) is 5.29. The van der Waals surface area contributed by atoms with Crippen molar-refractivity contribution in [2.24, 2.45) is 0 Å². The zero-order valence-corrected chi connectivity index (χ0v) is 16.4. The Bertz CT molecular complexity index is 1090. The fourth-order valence-corrected chi connectivity index (χ4v) is 3.90. The van der Waals surface area contributed by atoms with E-state index < -0.39 is 11.5 Å². The molecule has 7 nitrogen and oxygen atoms in total. The first-order valence-corrected chi connectivity index (χ1v) is 9.24. The quantitative estimate of drug-likeness (QED) is 0.671. The Labute approximate surface area is 163 Å². The van der Waals surface area contributed by atoms with E-state index in [1.165, 1.54) is 42.3 Å². The number of pyridine rings is 1. The van der Waals surface area contributed by atoms with Gasteiger partial charge >= 0.3 is 0 Å². The minimum absolute atomic E-state index is 0.251. The molecule has 27 heavy (non-hydrogen) atoms. The van der Waals surface area contributed by atoms with Gasteiger partial charge in [-0.3, -0.25) is 9.59 Å². The first-order valence-electron chi connectivity index (χ1n) is 7.98. The van der Waals surface area contributed by atoms with E-state index in [0.717, 1.165) is 0 Å². The summed E-state index contributed by atoms with van der Waals surface area (Å²) in [5, 5.41) is 15.1. The molecule has 0 bridgehead atoms. The number of anilines is 1. The summed E-state index contributed by atoms with van der Waals surface area (Å²) < 4.78 is 12.3. The lowest BCUT2D eigenvalue weighted by atomic mass is 10.2. The van der Waals surface area contributed by atoms with E-state index in [1.807, 2.05) is 0 Å². The SMILES string of the molecule is CCn1c(=O)c(C(=O)Nc2cc(Cl)c(OC)cc2OC)c(O)c2sccc21. The molecule has 9 heteroatoms. The minimum atomic E-state index is -0.755. The lowest BCUT2D eigenvalue weighted by Crippen LogP contribution is -2.29. The molecule has 1 amide bonds. The summed E-state index contributed by atoms with van der Waals surface area (Å²) in [4.78, 5) is 25.6. The molecule has 0 saturated carbocycles. The van der Waals surface area contributed by atoms with E-state index in [-0.39, 0.29) is 22.0 Å². The number of rotatable bonds is 5. The molecule has 0 saturated heterocycles. The van der Waals surface area contributed by atoms with Gasteiger partial charge in [0.15, 0.2) is 5.75 Å². The molecule has 0 aliphatic heterocycles. The van der Waals surface area contributed by atoms with E-state index in [0.29, 0.717) is 28.3 Å². The van der Waals surface area contributed by atoms with E-state index >= 15 is 0 Å². The predicted octanol–water partition coefficient (Wildman–Crippen LogP) is 3.71. The van der Waals surface area contributed by atoms with Crippen molar-refractivity contribution in [2.75, 3.05) is 19.5 Å². The number of methoxy groups -OCH3 is 2. The molecule has 3 rings (SSSR count). The summed E-state index contributed by atoms with van der Waals surface area (Å²) in [6, 6.07) is 4.71. The van der Waals surface area contributed by atoms with Crippen molar-refractivity contribution < 1.29 is 19.4 Å². The second kappa shape index (κ2) is 7.50. The molecule has 0 aliphatic rings. The zero-order chi connectivity index (χ0) is 19.7. The summed E-state index contributed by atoms with van der Waals surface area (Å²) >= 11 is 7.37. The first kappa shape index (κ1) is 19.1. The van der Waals surface area contributed by atoms with Crippen molar-refractivity contribution in [1.82, 2.24) is 4.57 Å². The summed E-state index contributed by atoms with van der Waals surface area (Å²) in [5.74, 6) is -0.417. The number of hydrogen-bond acceptors (Lipinski definition) is 6. The zero-order valence-electron chi connectivity index (χ0n) is 14.8. The van der Waals surface area contributed by atoms with E-state index in [2.05, 4.69) is 5.32 Å². The molecule has 142 valence electrons. The van der Waals surface area contributed by atoms with Gasteiger partial charge in [-0.1, -0.05) is 11.6 Å². The van der Waals surface area contributed by atoms with Gasteiger partial charge in [0.05, 0.1) is 35.1 Å². The summed E-state index contributed by atoms with van der Waals surface area (Å²) in [5.41, 5.74) is -0.0641. The number of nitrogens with one attached hydrogen (secondary N) is 1. The van der Waals surface area contributed by atoms with Crippen molar-refractivity contribution in [2.45, 2.75) is 13.5 Å². The molecule has 3 aromatic rings. The third-order valence-electron chi connectivity index (χ3n) is 4.11. The summed E-state index contributed by atoms with van der Waals surface area (Å²) in [6.45, 7) is 2.16. The van der Waals surface area contributed by atoms with Crippen LogP contribution in [0.5, 0.6) is 17.2 Å². The standard InChI is InChI=1S/C18H17ClN2O5S/c1-4-21-11-5-6-27-16(11)15(22)14(18(21)24)17(23)20-10-7-9(19)12(25-2)8-13(10)26-3/h5-8,22H,4H2,1-3H3,(H,20,23). The van der Waals surface area contributed by atoms with Crippen molar-refractivity contribution in [3.05, 3.63) is 44.5 Å². The Balaban J connectivity index is 2.10. The Morgan fingerprint density at radius 1 is 1.30 bits per heavy atom. The number of benzene rings is 1. The van der Waals surface area contributed by atoms with Crippen LogP contribution >= 0.6 is 22.9 Å². The number of carbonyl (C=O) groups excluding carboxylic acids is 1. The monoisotopic (exact) mass is 408 g/mol. The van der Waals surface area contributed by atoms with Crippen molar-refractivity contribution in [3.8, 4) is 17.2 Å². The largest absolute Gasteiger partial charge is 0.505 e. The van der Waals surface area contributed by atoms with Crippen LogP contribution in [0.2, 0.25) is 5.02 Å². The van der Waals surface area contributed by atoms with Gasteiger partial charge in [-0.25, -0.2) is 0 Å². The number of carbonyl (C=O) groups is 1. The summed E-state index contributed by atoms with van der Waals surface area (Å²) in [7, 11) is 2.89. The van der Waals surface area contributed by atoms with Gasteiger partial charge in [-0.05, 0) is 24.4 Å². The predicted molar refractivity (Wildman–Crippen MR) is 106 cm³/mol. The number of nitrogens with zero attached hydrogens (tertiary/aromatic N) is 1. The normalized spacial score (nSPS) is 10.8. The van der Waals surface area contributed by atoms with Crippen LogP contribution in [-0.4, -0.2) is 29.8 Å². The topological polar surface area (TPSA) is 89.8 Å². The van der Waals surface area contributed by atoms with E-state index in [9.17, 15) is 14.7 Å². The van der Waals surface area contributed by atoms with E-state index in [4.69, 9.17) is 21.1 Å². The first-order chi connectivity index (χ1) is 12.9. The lowest BCUT2D eigenvalue weighted by molar-refractivity contribution is 0.102. The second-order valence-electron chi connectivity index (χ2n) is 5.55. The molecule has 2 N–H and O–H groups in total. The number of ether oxygens (including phenoxy) is 2. The molecular formula is C18H17ClN2O5S. The number of halogens is 1. The molecule has 0 unspecified atom stereocenters. The minimum Gasteiger partial charge on any atom is -0.505 e. The molecule has 1 aromatic carbocycles. The molecule has 0 atom stereocenters. The maximum Gasteiger partial charge on any atom is 0.267 e. The Hall–Kier alpha value is -2.71. The van der Waals surface area contributed by atoms with Crippen molar-refractivity contribution in [1.29, 1.82) is 0 Å². The number of amides is 1. The van der Waals surface area contributed by atoms with Gasteiger partial charge in [-0.2, -0.15) is 0 Å². The fourth-order valence-electron chi connectivity index (χ4n) is 2.81. The average molecular weight is 409 g/mol. The molecule has 0 aliphatic carbocycles. The smallest absolute Gasteiger partial charge is 0.267 e. The van der Waals surface area contributed by atoms with Crippen molar-refractivity contribution in [3.63, 3.8) is 0 Å².